The van der Waals surface area contributed by atoms with E-state index in [1.807, 2.05) is 36.9 Å². The van der Waals surface area contributed by atoms with E-state index in [4.69, 9.17) is 4.74 Å². The summed E-state index contributed by atoms with van der Waals surface area (Å²) in [7, 11) is 1.65. The van der Waals surface area contributed by atoms with Crippen molar-refractivity contribution < 1.29 is 9.53 Å². The van der Waals surface area contributed by atoms with Crippen LogP contribution in [-0.4, -0.2) is 36.5 Å². The summed E-state index contributed by atoms with van der Waals surface area (Å²) in [6, 6.07) is 5.85. The number of hydrogen-bond acceptors (Lipinski definition) is 3. The molecule has 104 valence electrons. The van der Waals surface area contributed by atoms with E-state index in [1.54, 1.807) is 7.11 Å². The van der Waals surface area contributed by atoms with Crippen LogP contribution in [0, 0.1) is 0 Å². The van der Waals surface area contributed by atoms with Gasteiger partial charge in [0.05, 0.1) is 12.6 Å². The maximum absolute atomic E-state index is 12.3. The highest BCUT2D eigenvalue weighted by molar-refractivity contribution is 9.10. The Bertz CT molecular complexity index is 488. The number of hydrogen-bond donors (Lipinski definition) is 1. The molecule has 0 aliphatic carbocycles. The molecule has 1 aromatic carbocycles. The highest BCUT2D eigenvalue weighted by Gasteiger charge is 2.35. The molecule has 2 rings (SSSR count). The zero-order valence-corrected chi connectivity index (χ0v) is 13.1. The van der Waals surface area contributed by atoms with E-state index in [0.29, 0.717) is 6.54 Å². The van der Waals surface area contributed by atoms with Gasteiger partial charge in [-0.1, -0.05) is 15.9 Å². The molecule has 0 atom stereocenters. The number of methoxy groups -OCH3 is 1. The number of benzene rings is 1. The fourth-order valence-electron chi connectivity index (χ4n) is 2.30. The van der Waals surface area contributed by atoms with Crippen LogP contribution in [0.3, 0.4) is 0 Å². The van der Waals surface area contributed by atoms with E-state index in [2.05, 4.69) is 21.2 Å². The van der Waals surface area contributed by atoms with Gasteiger partial charge in [0.2, 0.25) is 5.91 Å². The summed E-state index contributed by atoms with van der Waals surface area (Å²) in [4.78, 5) is 14.2. The number of piperazine rings is 1. The van der Waals surface area contributed by atoms with E-state index < -0.39 is 5.54 Å². The molecular formula is C14H19BrN2O2. The molecule has 1 amide bonds. The number of halogens is 1. The van der Waals surface area contributed by atoms with Crippen molar-refractivity contribution in [2.45, 2.75) is 25.9 Å². The van der Waals surface area contributed by atoms with Gasteiger partial charge >= 0.3 is 0 Å². The second-order valence-electron chi connectivity index (χ2n) is 5.23. The van der Waals surface area contributed by atoms with Gasteiger partial charge < -0.3 is 15.0 Å². The van der Waals surface area contributed by atoms with Crippen molar-refractivity contribution in [1.29, 1.82) is 0 Å². The number of carbonyl (C=O) groups is 1. The molecular weight excluding hydrogens is 308 g/mol. The summed E-state index contributed by atoms with van der Waals surface area (Å²) in [5.41, 5.74) is 0.528. The molecule has 0 spiro atoms. The van der Waals surface area contributed by atoms with Crippen LogP contribution in [0.4, 0.5) is 0 Å². The molecule has 5 heteroatoms. The molecule has 0 bridgehead atoms. The van der Waals surface area contributed by atoms with Gasteiger partial charge in [0.1, 0.15) is 5.75 Å². The third kappa shape index (κ3) is 3.09. The largest absolute Gasteiger partial charge is 0.496 e. The molecule has 1 fully saturated rings. The molecule has 0 saturated carbocycles. The smallest absolute Gasteiger partial charge is 0.242 e. The van der Waals surface area contributed by atoms with Crippen molar-refractivity contribution in [3.63, 3.8) is 0 Å². The molecule has 1 aliphatic heterocycles. The zero-order valence-electron chi connectivity index (χ0n) is 11.5. The van der Waals surface area contributed by atoms with Crippen LogP contribution in [0.1, 0.15) is 19.4 Å². The fourth-order valence-corrected chi connectivity index (χ4v) is 2.71. The first-order chi connectivity index (χ1) is 8.94. The average Bonchev–Trinajstić information content (AvgIpc) is 2.35. The van der Waals surface area contributed by atoms with Crippen molar-refractivity contribution in [3.8, 4) is 5.75 Å². The van der Waals surface area contributed by atoms with Crippen molar-refractivity contribution in [2.24, 2.45) is 0 Å². The number of amides is 1. The predicted octanol–water partition coefficient (Wildman–Crippen LogP) is 2.17. The molecule has 1 aliphatic rings. The molecule has 0 aromatic heterocycles. The quantitative estimate of drug-likeness (QED) is 0.925. The van der Waals surface area contributed by atoms with Gasteiger partial charge in [-0.25, -0.2) is 0 Å². The maximum atomic E-state index is 12.3. The van der Waals surface area contributed by atoms with Gasteiger partial charge in [-0.3, -0.25) is 4.79 Å². The molecule has 1 heterocycles. The molecule has 1 N–H and O–H groups in total. The van der Waals surface area contributed by atoms with Gasteiger partial charge in [-0.2, -0.15) is 0 Å². The molecule has 4 nitrogen and oxygen atoms in total. The highest BCUT2D eigenvalue weighted by atomic mass is 79.9. The van der Waals surface area contributed by atoms with Crippen LogP contribution >= 0.6 is 15.9 Å². The lowest BCUT2D eigenvalue weighted by Crippen LogP contribution is -2.60. The first-order valence-corrected chi connectivity index (χ1v) is 7.10. The summed E-state index contributed by atoms with van der Waals surface area (Å²) in [5.74, 6) is 0.938. The lowest BCUT2D eigenvalue weighted by atomic mass is 10.00. The fraction of sp³-hybridized carbons (Fsp3) is 0.500. The number of carbonyl (C=O) groups excluding carboxylic acids is 1. The number of rotatable bonds is 3. The van der Waals surface area contributed by atoms with Crippen LogP contribution < -0.4 is 10.1 Å². The SMILES string of the molecule is COc1ccc(Br)cc1CN1CCNC(C)(C)C1=O. The third-order valence-corrected chi connectivity index (χ3v) is 3.87. The van der Waals surface area contributed by atoms with E-state index >= 15 is 0 Å². The first kappa shape index (κ1) is 14.3. The van der Waals surface area contributed by atoms with Crippen molar-refractivity contribution in [2.75, 3.05) is 20.2 Å². The van der Waals surface area contributed by atoms with Crippen LogP contribution in [0.25, 0.3) is 0 Å². The van der Waals surface area contributed by atoms with E-state index in [9.17, 15) is 4.79 Å². The molecule has 0 unspecified atom stereocenters. The topological polar surface area (TPSA) is 41.6 Å². The number of ether oxygens (including phenoxy) is 1. The molecule has 0 radical (unpaired) electrons. The van der Waals surface area contributed by atoms with Gasteiger partial charge in [-0.15, -0.1) is 0 Å². The minimum atomic E-state index is -0.489. The summed E-state index contributed by atoms with van der Waals surface area (Å²) < 4.78 is 6.35. The summed E-state index contributed by atoms with van der Waals surface area (Å²) in [5, 5.41) is 3.23. The first-order valence-electron chi connectivity index (χ1n) is 6.31. The van der Waals surface area contributed by atoms with Crippen LogP contribution in [0.2, 0.25) is 0 Å². The summed E-state index contributed by atoms with van der Waals surface area (Å²) >= 11 is 3.46. The van der Waals surface area contributed by atoms with Crippen LogP contribution in [0.15, 0.2) is 22.7 Å². The highest BCUT2D eigenvalue weighted by Crippen LogP contribution is 2.25. The van der Waals surface area contributed by atoms with Gasteiger partial charge in [0.15, 0.2) is 0 Å². The van der Waals surface area contributed by atoms with E-state index in [0.717, 1.165) is 28.9 Å². The molecule has 1 aromatic rings. The van der Waals surface area contributed by atoms with Gasteiger partial charge in [0.25, 0.3) is 0 Å². The monoisotopic (exact) mass is 326 g/mol. The predicted molar refractivity (Wildman–Crippen MR) is 78.2 cm³/mol. The molecule has 19 heavy (non-hydrogen) atoms. The third-order valence-electron chi connectivity index (χ3n) is 3.37. The Kier molecular flexibility index (Phi) is 4.16. The lowest BCUT2D eigenvalue weighted by Gasteiger charge is -2.38. The van der Waals surface area contributed by atoms with Crippen LogP contribution in [0.5, 0.6) is 5.75 Å². The standard InChI is InChI=1S/C14H19BrN2O2/c1-14(2)13(18)17(7-6-16-14)9-10-8-11(15)4-5-12(10)19-3/h4-5,8,16H,6-7,9H2,1-3H3. The Labute approximate surface area is 122 Å². The second kappa shape index (κ2) is 5.51. The Morgan fingerprint density at radius 1 is 1.47 bits per heavy atom. The zero-order chi connectivity index (χ0) is 14.0. The lowest BCUT2D eigenvalue weighted by molar-refractivity contribution is -0.140. The Hall–Kier alpha value is -1.07. The second-order valence-corrected chi connectivity index (χ2v) is 6.15. The Balaban J connectivity index is 2.21. The Morgan fingerprint density at radius 2 is 2.21 bits per heavy atom. The summed E-state index contributed by atoms with van der Waals surface area (Å²) in [6.45, 7) is 5.94. The van der Waals surface area contributed by atoms with E-state index in [1.165, 1.54) is 0 Å². The summed E-state index contributed by atoms with van der Waals surface area (Å²) in [6.07, 6.45) is 0. The normalized spacial score (nSPS) is 18.5. The Morgan fingerprint density at radius 3 is 2.89 bits per heavy atom. The van der Waals surface area contributed by atoms with Gasteiger partial charge in [0, 0.05) is 29.7 Å². The number of nitrogens with one attached hydrogen (secondary N) is 1. The van der Waals surface area contributed by atoms with E-state index in [-0.39, 0.29) is 5.91 Å². The average molecular weight is 327 g/mol. The maximum Gasteiger partial charge on any atom is 0.242 e. The van der Waals surface area contributed by atoms with Crippen molar-refractivity contribution in [1.82, 2.24) is 10.2 Å². The van der Waals surface area contributed by atoms with Crippen molar-refractivity contribution >= 4 is 21.8 Å². The van der Waals surface area contributed by atoms with Crippen LogP contribution in [-0.2, 0) is 11.3 Å². The number of nitrogens with zero attached hydrogens (tertiary/aromatic N) is 1. The minimum Gasteiger partial charge on any atom is -0.496 e. The molecule has 1 saturated heterocycles. The van der Waals surface area contributed by atoms with Crippen molar-refractivity contribution in [3.05, 3.63) is 28.2 Å². The minimum absolute atomic E-state index is 0.126. The van der Waals surface area contributed by atoms with Gasteiger partial charge in [-0.05, 0) is 32.0 Å².